The summed E-state index contributed by atoms with van der Waals surface area (Å²) in [6, 6.07) is 4.93. The van der Waals surface area contributed by atoms with Crippen molar-refractivity contribution >= 4 is 0 Å². The minimum absolute atomic E-state index is 0.0214. The van der Waals surface area contributed by atoms with Crippen LogP contribution in [0.2, 0.25) is 0 Å². The summed E-state index contributed by atoms with van der Waals surface area (Å²) in [5.74, 6) is 0.703. The molecule has 4 heteroatoms. The second kappa shape index (κ2) is 7.23. The van der Waals surface area contributed by atoms with E-state index < -0.39 is 0 Å². The topological polar surface area (TPSA) is 43.4 Å². The van der Waals surface area contributed by atoms with Gasteiger partial charge in [-0.3, -0.25) is 0 Å². The molecule has 0 atom stereocenters. The molecule has 4 nitrogen and oxygen atoms in total. The molecule has 0 amide bonds. The van der Waals surface area contributed by atoms with E-state index >= 15 is 0 Å². The number of nitrogens with one attached hydrogen (secondary N) is 1. The molecule has 1 aromatic rings. The summed E-state index contributed by atoms with van der Waals surface area (Å²) in [6.07, 6.45) is 2.60. The number of hydrogen-bond acceptors (Lipinski definition) is 4. The van der Waals surface area contributed by atoms with Crippen molar-refractivity contribution in [3.63, 3.8) is 0 Å². The highest BCUT2D eigenvalue weighted by molar-refractivity contribution is 5.28. The molecule has 0 radical (unpaired) electrons. The number of hydrogen-bond donors (Lipinski definition) is 1. The van der Waals surface area contributed by atoms with E-state index in [-0.39, 0.29) is 5.41 Å². The van der Waals surface area contributed by atoms with Gasteiger partial charge < -0.3 is 14.8 Å². The fourth-order valence-electron chi connectivity index (χ4n) is 2.02. The van der Waals surface area contributed by atoms with Crippen molar-refractivity contribution < 1.29 is 9.47 Å². The zero-order valence-corrected chi connectivity index (χ0v) is 13.7. The highest BCUT2D eigenvalue weighted by Gasteiger charge is 2.21. The zero-order chi connectivity index (χ0) is 15.3. The van der Waals surface area contributed by atoms with Crippen molar-refractivity contribution in [3.8, 4) is 5.88 Å². The van der Waals surface area contributed by atoms with E-state index in [0.29, 0.717) is 25.1 Å². The third-order valence-corrected chi connectivity index (χ3v) is 3.48. The third-order valence-electron chi connectivity index (χ3n) is 3.48. The first-order valence-corrected chi connectivity index (χ1v) is 7.94. The van der Waals surface area contributed by atoms with E-state index in [1.54, 1.807) is 0 Å². The largest absolute Gasteiger partial charge is 0.475 e. The van der Waals surface area contributed by atoms with Crippen LogP contribution in [0.5, 0.6) is 5.88 Å². The summed E-state index contributed by atoms with van der Waals surface area (Å²) in [7, 11) is 0. The molecule has 0 spiro atoms. The first-order chi connectivity index (χ1) is 9.99. The van der Waals surface area contributed by atoms with Gasteiger partial charge in [-0.05, 0) is 31.4 Å². The van der Waals surface area contributed by atoms with E-state index in [0.717, 1.165) is 18.8 Å². The second-order valence-electron chi connectivity index (χ2n) is 6.65. The molecule has 1 saturated carbocycles. The highest BCUT2D eigenvalue weighted by atomic mass is 16.5. The molecule has 2 rings (SSSR count). The van der Waals surface area contributed by atoms with Gasteiger partial charge in [-0.25, -0.2) is 4.98 Å². The van der Waals surface area contributed by atoms with Crippen LogP contribution >= 0.6 is 0 Å². The number of nitrogens with zero attached hydrogens (tertiary/aromatic N) is 1. The van der Waals surface area contributed by atoms with Crippen molar-refractivity contribution in [2.75, 3.05) is 19.8 Å². The normalized spacial score (nSPS) is 15.2. The quantitative estimate of drug-likeness (QED) is 0.748. The Balaban J connectivity index is 2.03. The van der Waals surface area contributed by atoms with Gasteiger partial charge >= 0.3 is 0 Å². The van der Waals surface area contributed by atoms with Crippen molar-refractivity contribution in [2.24, 2.45) is 0 Å². The average molecular weight is 292 g/mol. The number of pyridine rings is 1. The standard InChI is InChI=1S/C17H28N2O2/c1-5-20-8-9-21-16-11-13(12-18-14-6-7-14)10-15(19-16)17(2,3)4/h10-11,14,18H,5-9,12H2,1-4H3. The van der Waals surface area contributed by atoms with Gasteiger partial charge in [-0.1, -0.05) is 20.8 Å². The lowest BCUT2D eigenvalue weighted by Crippen LogP contribution is -2.19. The fourth-order valence-corrected chi connectivity index (χ4v) is 2.02. The summed E-state index contributed by atoms with van der Waals surface area (Å²) < 4.78 is 11.0. The Morgan fingerprint density at radius 1 is 1.24 bits per heavy atom. The summed E-state index contributed by atoms with van der Waals surface area (Å²) in [5, 5.41) is 3.55. The Kier molecular flexibility index (Phi) is 5.59. The van der Waals surface area contributed by atoms with E-state index in [1.165, 1.54) is 18.4 Å². The molecule has 0 aromatic carbocycles. The smallest absolute Gasteiger partial charge is 0.213 e. The van der Waals surface area contributed by atoms with Crippen molar-refractivity contribution in [3.05, 3.63) is 23.4 Å². The molecule has 1 heterocycles. The molecule has 0 bridgehead atoms. The van der Waals surface area contributed by atoms with Gasteiger partial charge in [0.2, 0.25) is 5.88 Å². The lowest BCUT2D eigenvalue weighted by Gasteiger charge is -2.20. The van der Waals surface area contributed by atoms with E-state index in [9.17, 15) is 0 Å². The van der Waals surface area contributed by atoms with Gasteiger partial charge in [-0.2, -0.15) is 0 Å². The minimum Gasteiger partial charge on any atom is -0.475 e. The van der Waals surface area contributed by atoms with Crippen LogP contribution in [0, 0.1) is 0 Å². The van der Waals surface area contributed by atoms with E-state index in [2.05, 4.69) is 37.1 Å². The number of rotatable bonds is 8. The predicted molar refractivity (Wildman–Crippen MR) is 84.8 cm³/mol. The third kappa shape index (κ3) is 5.64. The fraction of sp³-hybridized carbons (Fsp3) is 0.706. The molecule has 1 aliphatic rings. The van der Waals surface area contributed by atoms with Crippen molar-refractivity contribution in [2.45, 2.75) is 58.5 Å². The second-order valence-corrected chi connectivity index (χ2v) is 6.65. The van der Waals surface area contributed by atoms with Gasteiger partial charge in [0.15, 0.2) is 0 Å². The minimum atomic E-state index is 0.0214. The van der Waals surface area contributed by atoms with Crippen LogP contribution in [-0.2, 0) is 16.7 Å². The Bertz CT molecular complexity index is 451. The van der Waals surface area contributed by atoms with Gasteiger partial charge in [0.1, 0.15) is 6.61 Å². The monoisotopic (exact) mass is 292 g/mol. The SMILES string of the molecule is CCOCCOc1cc(CNC2CC2)cc(C(C)(C)C)n1. The number of aromatic nitrogens is 1. The van der Waals surface area contributed by atoms with Crippen LogP contribution in [0.4, 0.5) is 0 Å². The van der Waals surface area contributed by atoms with Crippen LogP contribution in [0.25, 0.3) is 0 Å². The van der Waals surface area contributed by atoms with Crippen LogP contribution < -0.4 is 10.1 Å². The number of ether oxygens (including phenoxy) is 2. The van der Waals surface area contributed by atoms with E-state index in [1.807, 2.05) is 13.0 Å². The molecule has 1 fully saturated rings. The van der Waals surface area contributed by atoms with Crippen molar-refractivity contribution in [1.82, 2.24) is 10.3 Å². The van der Waals surface area contributed by atoms with Gasteiger partial charge in [-0.15, -0.1) is 0 Å². The maximum Gasteiger partial charge on any atom is 0.213 e. The summed E-state index contributed by atoms with van der Waals surface area (Å²) in [5.41, 5.74) is 2.34. The Morgan fingerprint density at radius 2 is 2.00 bits per heavy atom. The molecular formula is C17H28N2O2. The Labute approximate surface area is 128 Å². The maximum atomic E-state index is 5.74. The molecule has 0 saturated heterocycles. The Morgan fingerprint density at radius 3 is 2.62 bits per heavy atom. The average Bonchev–Trinajstić information content (AvgIpc) is 3.24. The molecule has 0 aliphatic heterocycles. The van der Waals surface area contributed by atoms with Crippen LogP contribution in [-0.4, -0.2) is 30.8 Å². The molecule has 1 N–H and O–H groups in total. The summed E-state index contributed by atoms with van der Waals surface area (Å²) in [6.45, 7) is 11.3. The van der Waals surface area contributed by atoms with Crippen molar-refractivity contribution in [1.29, 1.82) is 0 Å². The van der Waals surface area contributed by atoms with E-state index in [4.69, 9.17) is 9.47 Å². The van der Waals surface area contributed by atoms with Crippen LogP contribution in [0.3, 0.4) is 0 Å². The van der Waals surface area contributed by atoms with Crippen LogP contribution in [0.1, 0.15) is 51.8 Å². The highest BCUT2D eigenvalue weighted by Crippen LogP contribution is 2.25. The molecule has 21 heavy (non-hydrogen) atoms. The lowest BCUT2D eigenvalue weighted by atomic mass is 9.91. The molecule has 1 aromatic heterocycles. The van der Waals surface area contributed by atoms with Crippen LogP contribution in [0.15, 0.2) is 12.1 Å². The summed E-state index contributed by atoms with van der Waals surface area (Å²) >= 11 is 0. The molecular weight excluding hydrogens is 264 g/mol. The predicted octanol–water partition coefficient (Wildman–Crippen LogP) is 3.05. The Hall–Kier alpha value is -1.13. The zero-order valence-electron chi connectivity index (χ0n) is 13.7. The summed E-state index contributed by atoms with van der Waals surface area (Å²) in [4.78, 5) is 4.64. The van der Waals surface area contributed by atoms with Gasteiger partial charge in [0.25, 0.3) is 0 Å². The maximum absolute atomic E-state index is 5.74. The van der Waals surface area contributed by atoms with Gasteiger partial charge in [0, 0.05) is 30.7 Å². The lowest BCUT2D eigenvalue weighted by molar-refractivity contribution is 0.108. The molecule has 1 aliphatic carbocycles. The van der Waals surface area contributed by atoms with Gasteiger partial charge in [0.05, 0.1) is 12.3 Å². The first-order valence-electron chi connectivity index (χ1n) is 7.94. The first kappa shape index (κ1) is 16.2. The molecule has 0 unspecified atom stereocenters. The molecule has 118 valence electrons.